The maximum atomic E-state index is 10.7. The van der Waals surface area contributed by atoms with Gasteiger partial charge in [0.25, 0.3) is 0 Å². The van der Waals surface area contributed by atoms with Crippen molar-refractivity contribution in [2.45, 2.75) is 33.4 Å². The molecule has 0 aromatic heterocycles. The molecule has 0 saturated heterocycles. The first-order chi connectivity index (χ1) is 7.49. The number of ether oxygens (including phenoxy) is 1. The highest BCUT2D eigenvalue weighted by Crippen LogP contribution is 2.26. The van der Waals surface area contributed by atoms with Gasteiger partial charge in [0.1, 0.15) is 5.75 Å². The predicted molar refractivity (Wildman–Crippen MR) is 64.7 cm³/mol. The monoisotopic (exact) mass is 241 g/mol. The van der Waals surface area contributed by atoms with Crippen LogP contribution in [0.3, 0.4) is 0 Å². The molecule has 0 saturated carbocycles. The molecule has 1 amide bonds. The number of halogens is 1. The summed E-state index contributed by atoms with van der Waals surface area (Å²) in [6, 6.07) is 5.51. The Balaban J connectivity index is 2.70. The van der Waals surface area contributed by atoms with Crippen LogP contribution in [0.1, 0.15) is 26.3 Å². The Hall–Kier alpha value is -1.22. The Morgan fingerprint density at radius 1 is 1.50 bits per heavy atom. The SMILES string of the molecule is CC(=O)NCc1ccc(OC(C)C)c(Cl)c1. The summed E-state index contributed by atoms with van der Waals surface area (Å²) < 4.78 is 5.51. The second-order valence-corrected chi connectivity index (χ2v) is 4.25. The van der Waals surface area contributed by atoms with Gasteiger partial charge in [0.05, 0.1) is 11.1 Å². The van der Waals surface area contributed by atoms with Crippen molar-refractivity contribution in [3.63, 3.8) is 0 Å². The minimum absolute atomic E-state index is 0.0568. The molecular weight excluding hydrogens is 226 g/mol. The van der Waals surface area contributed by atoms with Crippen LogP contribution in [-0.2, 0) is 11.3 Å². The van der Waals surface area contributed by atoms with Gasteiger partial charge in [-0.15, -0.1) is 0 Å². The molecule has 88 valence electrons. The van der Waals surface area contributed by atoms with Gasteiger partial charge in [0, 0.05) is 13.5 Å². The highest BCUT2D eigenvalue weighted by molar-refractivity contribution is 6.32. The average Bonchev–Trinajstić information content (AvgIpc) is 2.18. The van der Waals surface area contributed by atoms with E-state index in [0.717, 1.165) is 5.56 Å². The Bertz CT molecular complexity index is 377. The highest BCUT2D eigenvalue weighted by atomic mass is 35.5. The lowest BCUT2D eigenvalue weighted by Crippen LogP contribution is -2.18. The highest BCUT2D eigenvalue weighted by Gasteiger charge is 2.05. The number of carbonyl (C=O) groups is 1. The molecule has 0 atom stereocenters. The van der Waals surface area contributed by atoms with Gasteiger partial charge in [-0.25, -0.2) is 0 Å². The fourth-order valence-electron chi connectivity index (χ4n) is 1.23. The van der Waals surface area contributed by atoms with Gasteiger partial charge in [0.15, 0.2) is 0 Å². The quantitative estimate of drug-likeness (QED) is 0.880. The second-order valence-electron chi connectivity index (χ2n) is 3.84. The first kappa shape index (κ1) is 12.8. The molecule has 0 aliphatic heterocycles. The largest absolute Gasteiger partial charge is 0.489 e. The van der Waals surface area contributed by atoms with Crippen molar-refractivity contribution in [2.24, 2.45) is 0 Å². The average molecular weight is 242 g/mol. The van der Waals surface area contributed by atoms with Gasteiger partial charge in [-0.05, 0) is 31.5 Å². The Labute approximate surface area is 101 Å². The summed E-state index contributed by atoms with van der Waals surface area (Å²) in [5, 5.41) is 3.28. The number of benzene rings is 1. The fraction of sp³-hybridized carbons (Fsp3) is 0.417. The Kier molecular flexibility index (Phi) is 4.62. The maximum Gasteiger partial charge on any atom is 0.217 e. The molecule has 3 nitrogen and oxygen atoms in total. The molecule has 16 heavy (non-hydrogen) atoms. The molecule has 0 aliphatic carbocycles. The number of hydrogen-bond donors (Lipinski definition) is 1. The third kappa shape index (κ3) is 4.11. The van der Waals surface area contributed by atoms with Crippen molar-refractivity contribution < 1.29 is 9.53 Å². The summed E-state index contributed by atoms with van der Waals surface area (Å²) >= 11 is 6.05. The maximum absolute atomic E-state index is 10.7. The summed E-state index contributed by atoms with van der Waals surface area (Å²) in [4.78, 5) is 10.7. The molecule has 4 heteroatoms. The fourth-order valence-corrected chi connectivity index (χ4v) is 1.48. The first-order valence-corrected chi connectivity index (χ1v) is 5.56. The minimum atomic E-state index is -0.0568. The van der Waals surface area contributed by atoms with Crippen molar-refractivity contribution in [3.05, 3.63) is 28.8 Å². The van der Waals surface area contributed by atoms with Crippen LogP contribution in [0.2, 0.25) is 5.02 Å². The number of rotatable bonds is 4. The summed E-state index contributed by atoms with van der Waals surface area (Å²) in [6.45, 7) is 5.86. The van der Waals surface area contributed by atoms with E-state index in [-0.39, 0.29) is 12.0 Å². The van der Waals surface area contributed by atoms with Crippen molar-refractivity contribution >= 4 is 17.5 Å². The van der Waals surface area contributed by atoms with Crippen LogP contribution in [0.25, 0.3) is 0 Å². The summed E-state index contributed by atoms with van der Waals surface area (Å²) in [5.74, 6) is 0.613. The van der Waals surface area contributed by atoms with E-state index < -0.39 is 0 Å². The van der Waals surface area contributed by atoms with E-state index in [1.54, 1.807) is 6.07 Å². The molecule has 1 aromatic rings. The topological polar surface area (TPSA) is 38.3 Å². The smallest absolute Gasteiger partial charge is 0.217 e. The standard InChI is InChI=1S/C12H16ClNO2/c1-8(2)16-12-5-4-10(6-11(12)13)7-14-9(3)15/h4-6,8H,7H2,1-3H3,(H,14,15). The predicted octanol–water partition coefficient (Wildman–Crippen LogP) is 2.76. The Morgan fingerprint density at radius 3 is 2.69 bits per heavy atom. The van der Waals surface area contributed by atoms with Crippen LogP contribution < -0.4 is 10.1 Å². The van der Waals surface area contributed by atoms with Crippen LogP contribution in [0.15, 0.2) is 18.2 Å². The number of nitrogens with one attached hydrogen (secondary N) is 1. The van der Waals surface area contributed by atoms with Crippen LogP contribution in [-0.4, -0.2) is 12.0 Å². The zero-order chi connectivity index (χ0) is 12.1. The summed E-state index contributed by atoms with van der Waals surface area (Å²) in [7, 11) is 0. The molecule has 0 fully saturated rings. The molecule has 1 rings (SSSR count). The molecule has 1 N–H and O–H groups in total. The van der Waals surface area contributed by atoms with Gasteiger partial charge in [-0.3, -0.25) is 4.79 Å². The summed E-state index contributed by atoms with van der Waals surface area (Å²) in [6.07, 6.45) is 0.0960. The molecule has 0 aliphatic rings. The number of carbonyl (C=O) groups excluding carboxylic acids is 1. The van der Waals surface area contributed by atoms with E-state index in [9.17, 15) is 4.79 Å². The van der Waals surface area contributed by atoms with E-state index >= 15 is 0 Å². The van der Waals surface area contributed by atoms with Gasteiger partial charge in [-0.2, -0.15) is 0 Å². The van der Waals surface area contributed by atoms with Crippen LogP contribution in [0.5, 0.6) is 5.75 Å². The van der Waals surface area contributed by atoms with Crippen LogP contribution >= 0.6 is 11.6 Å². The lowest BCUT2D eigenvalue weighted by Gasteiger charge is -2.12. The van der Waals surface area contributed by atoms with Gasteiger partial charge < -0.3 is 10.1 Å². The molecule has 1 aromatic carbocycles. The van der Waals surface area contributed by atoms with E-state index in [2.05, 4.69) is 5.32 Å². The summed E-state index contributed by atoms with van der Waals surface area (Å²) in [5.41, 5.74) is 0.955. The Morgan fingerprint density at radius 2 is 2.19 bits per heavy atom. The van der Waals surface area contributed by atoms with Crippen molar-refractivity contribution in [1.82, 2.24) is 5.32 Å². The third-order valence-electron chi connectivity index (χ3n) is 1.90. The second kappa shape index (κ2) is 5.75. The van der Waals surface area contributed by atoms with Gasteiger partial charge in [0.2, 0.25) is 5.91 Å². The van der Waals surface area contributed by atoms with Gasteiger partial charge in [-0.1, -0.05) is 17.7 Å². The molecule has 0 unspecified atom stereocenters. The lowest BCUT2D eigenvalue weighted by molar-refractivity contribution is -0.119. The van der Waals surface area contributed by atoms with Crippen molar-refractivity contribution in [2.75, 3.05) is 0 Å². The lowest BCUT2D eigenvalue weighted by atomic mass is 10.2. The molecule has 0 bridgehead atoms. The van der Waals surface area contributed by atoms with E-state index in [0.29, 0.717) is 17.3 Å². The zero-order valence-electron chi connectivity index (χ0n) is 9.71. The van der Waals surface area contributed by atoms with E-state index in [1.807, 2.05) is 26.0 Å². The van der Waals surface area contributed by atoms with Crippen LogP contribution in [0.4, 0.5) is 0 Å². The molecule has 0 spiro atoms. The third-order valence-corrected chi connectivity index (χ3v) is 2.20. The first-order valence-electron chi connectivity index (χ1n) is 5.18. The minimum Gasteiger partial charge on any atom is -0.489 e. The number of hydrogen-bond acceptors (Lipinski definition) is 2. The number of amides is 1. The van der Waals surface area contributed by atoms with Gasteiger partial charge >= 0.3 is 0 Å². The molecule has 0 heterocycles. The van der Waals surface area contributed by atoms with Crippen molar-refractivity contribution in [3.8, 4) is 5.75 Å². The molecular formula is C12H16ClNO2. The van der Waals surface area contributed by atoms with Crippen LogP contribution in [0, 0.1) is 0 Å². The normalized spacial score (nSPS) is 10.3. The van der Waals surface area contributed by atoms with E-state index in [4.69, 9.17) is 16.3 Å². The van der Waals surface area contributed by atoms with Crippen molar-refractivity contribution in [1.29, 1.82) is 0 Å². The molecule has 0 radical (unpaired) electrons. The van der Waals surface area contributed by atoms with E-state index in [1.165, 1.54) is 6.92 Å². The zero-order valence-corrected chi connectivity index (χ0v) is 10.5.